The molecule has 0 atom stereocenters. The van der Waals surface area contributed by atoms with Gasteiger partial charge in [-0.15, -0.1) is 10.2 Å². The minimum Gasteiger partial charge on any atom is -0.479 e. The van der Waals surface area contributed by atoms with Gasteiger partial charge in [0.05, 0.1) is 0 Å². The molecule has 0 spiro atoms. The minimum absolute atomic E-state index is 0.0189. The zero-order valence-electron chi connectivity index (χ0n) is 9.46. The highest BCUT2D eigenvalue weighted by Gasteiger charge is 2.11. The molecule has 0 unspecified atom stereocenters. The van der Waals surface area contributed by atoms with Crippen LogP contribution >= 0.6 is 22.9 Å². The molecule has 19 heavy (non-hydrogen) atoms. The minimum atomic E-state index is -0.380. The Balaban J connectivity index is 2.00. The average Bonchev–Trinajstić information content (AvgIpc) is 2.85. The number of ether oxygens (including phenoxy) is 1. The van der Waals surface area contributed by atoms with Crippen molar-refractivity contribution in [2.24, 2.45) is 0 Å². The van der Waals surface area contributed by atoms with Crippen molar-refractivity contribution in [3.05, 3.63) is 33.7 Å². The van der Waals surface area contributed by atoms with Gasteiger partial charge < -0.3 is 10.1 Å². The van der Waals surface area contributed by atoms with Gasteiger partial charge in [0.25, 0.3) is 5.91 Å². The molecule has 1 heterocycles. The second kappa shape index (κ2) is 6.13. The average molecular weight is 295 g/mol. The van der Waals surface area contributed by atoms with Gasteiger partial charge in [0, 0.05) is 5.69 Å². The number of benzene rings is 1. The maximum Gasteiger partial charge on any atom is 0.286 e. The van der Waals surface area contributed by atoms with Crippen LogP contribution < -0.4 is 10.1 Å². The van der Waals surface area contributed by atoms with Crippen molar-refractivity contribution in [3.8, 4) is 11.8 Å². The molecule has 2 aromatic rings. The summed E-state index contributed by atoms with van der Waals surface area (Å²) in [4.78, 5) is 11.7. The van der Waals surface area contributed by atoms with Gasteiger partial charge in [-0.1, -0.05) is 11.3 Å². The van der Waals surface area contributed by atoms with E-state index in [1.807, 2.05) is 6.07 Å². The number of hydrogen-bond donors (Lipinski definition) is 1. The van der Waals surface area contributed by atoms with Crippen LogP contribution in [0.15, 0.2) is 24.3 Å². The molecule has 8 heteroatoms. The summed E-state index contributed by atoms with van der Waals surface area (Å²) in [6, 6.07) is 8.49. The molecule has 96 valence electrons. The van der Waals surface area contributed by atoms with Gasteiger partial charge in [0.2, 0.25) is 9.47 Å². The Bertz CT molecular complexity index is 620. The maximum atomic E-state index is 11.7. The van der Waals surface area contributed by atoms with Crippen molar-refractivity contribution in [2.75, 3.05) is 11.9 Å². The number of hydrogen-bond acceptors (Lipinski definition) is 6. The Labute approximate surface area is 117 Å². The van der Waals surface area contributed by atoms with E-state index in [2.05, 4.69) is 15.5 Å². The third kappa shape index (κ3) is 3.64. The van der Waals surface area contributed by atoms with E-state index in [9.17, 15) is 4.79 Å². The van der Waals surface area contributed by atoms with Crippen LogP contribution in [0.4, 0.5) is 5.69 Å². The predicted molar refractivity (Wildman–Crippen MR) is 70.4 cm³/mol. The molecule has 6 nitrogen and oxygen atoms in total. The Hall–Kier alpha value is -2.17. The van der Waals surface area contributed by atoms with Crippen LogP contribution in [-0.2, 0) is 0 Å². The van der Waals surface area contributed by atoms with Gasteiger partial charge in [-0.2, -0.15) is 5.26 Å². The van der Waals surface area contributed by atoms with Gasteiger partial charge >= 0.3 is 0 Å². The first kappa shape index (κ1) is 13.3. The quantitative estimate of drug-likeness (QED) is 0.935. The molecule has 0 fully saturated rings. The molecule has 0 aliphatic rings. The highest BCUT2D eigenvalue weighted by molar-refractivity contribution is 7.17. The van der Waals surface area contributed by atoms with E-state index in [0.29, 0.717) is 11.4 Å². The van der Waals surface area contributed by atoms with Gasteiger partial charge in [0.15, 0.2) is 6.61 Å². The fourth-order valence-corrected chi connectivity index (χ4v) is 1.96. The molecule has 1 amide bonds. The van der Waals surface area contributed by atoms with Crippen LogP contribution in [0.2, 0.25) is 4.47 Å². The second-order valence-corrected chi connectivity index (χ2v) is 4.85. The lowest BCUT2D eigenvalue weighted by Gasteiger charge is -2.04. The van der Waals surface area contributed by atoms with Crippen molar-refractivity contribution in [2.45, 2.75) is 0 Å². The monoisotopic (exact) mass is 294 g/mol. The van der Waals surface area contributed by atoms with E-state index >= 15 is 0 Å². The van der Waals surface area contributed by atoms with Crippen molar-refractivity contribution in [1.82, 2.24) is 10.2 Å². The van der Waals surface area contributed by atoms with Crippen LogP contribution in [0.1, 0.15) is 9.80 Å². The number of rotatable bonds is 4. The van der Waals surface area contributed by atoms with Crippen molar-refractivity contribution in [3.63, 3.8) is 0 Å². The third-order valence-electron chi connectivity index (χ3n) is 2.01. The SMILES string of the molecule is N#CCOc1ccc(NC(=O)c2nnc(Cl)s2)cc1. The molecular weight excluding hydrogens is 288 g/mol. The van der Waals surface area contributed by atoms with E-state index in [1.54, 1.807) is 24.3 Å². The molecule has 1 aromatic heterocycles. The Morgan fingerprint density at radius 2 is 2.16 bits per heavy atom. The first-order valence-electron chi connectivity index (χ1n) is 5.09. The summed E-state index contributed by atoms with van der Waals surface area (Å²) in [7, 11) is 0. The number of halogens is 1. The van der Waals surface area contributed by atoms with E-state index in [4.69, 9.17) is 21.6 Å². The molecule has 0 aliphatic carbocycles. The largest absolute Gasteiger partial charge is 0.479 e. The third-order valence-corrected chi connectivity index (χ3v) is 3.03. The van der Waals surface area contributed by atoms with E-state index in [0.717, 1.165) is 11.3 Å². The molecule has 0 saturated carbocycles. The Morgan fingerprint density at radius 3 is 2.74 bits per heavy atom. The van der Waals surface area contributed by atoms with Crippen LogP contribution in [-0.4, -0.2) is 22.7 Å². The number of carbonyl (C=O) groups excluding carboxylic acids is 1. The summed E-state index contributed by atoms with van der Waals surface area (Å²) in [6.45, 7) is -0.0189. The van der Waals surface area contributed by atoms with Crippen LogP contribution in [0.5, 0.6) is 5.75 Å². The molecule has 0 saturated heterocycles. The van der Waals surface area contributed by atoms with Crippen molar-refractivity contribution < 1.29 is 9.53 Å². The van der Waals surface area contributed by atoms with Gasteiger partial charge in [-0.05, 0) is 35.9 Å². The van der Waals surface area contributed by atoms with Crippen molar-refractivity contribution in [1.29, 1.82) is 5.26 Å². The molecule has 0 radical (unpaired) electrons. The van der Waals surface area contributed by atoms with E-state index < -0.39 is 0 Å². The summed E-state index contributed by atoms with van der Waals surface area (Å²) in [5.74, 6) is 0.175. The van der Waals surface area contributed by atoms with Crippen LogP contribution in [0.3, 0.4) is 0 Å². The van der Waals surface area contributed by atoms with Crippen molar-refractivity contribution >= 4 is 34.5 Å². The lowest BCUT2D eigenvalue weighted by atomic mass is 10.3. The summed E-state index contributed by atoms with van der Waals surface area (Å²) in [5.41, 5.74) is 0.584. The van der Waals surface area contributed by atoms with E-state index in [1.165, 1.54) is 0 Å². The number of nitrogens with zero attached hydrogens (tertiary/aromatic N) is 3. The molecular formula is C11H7ClN4O2S. The zero-order chi connectivity index (χ0) is 13.7. The fourth-order valence-electron chi connectivity index (χ4n) is 1.23. The maximum absolute atomic E-state index is 11.7. The van der Waals surface area contributed by atoms with Gasteiger partial charge in [-0.3, -0.25) is 4.79 Å². The lowest BCUT2D eigenvalue weighted by molar-refractivity contribution is 0.102. The first-order chi connectivity index (χ1) is 9.19. The normalized spacial score (nSPS) is 9.68. The molecule has 1 aromatic carbocycles. The standard InChI is InChI=1S/C11H7ClN4O2S/c12-11-16-15-10(19-11)9(17)14-7-1-3-8(4-2-7)18-6-5-13/h1-4H,6H2,(H,14,17). The molecule has 0 bridgehead atoms. The second-order valence-electron chi connectivity index (χ2n) is 3.29. The number of anilines is 1. The molecule has 2 rings (SSSR count). The van der Waals surface area contributed by atoms with E-state index in [-0.39, 0.29) is 22.0 Å². The zero-order valence-corrected chi connectivity index (χ0v) is 11.0. The number of amides is 1. The topological polar surface area (TPSA) is 87.9 Å². The summed E-state index contributed by atoms with van der Waals surface area (Å²) in [5, 5.41) is 18.4. The van der Waals surface area contributed by atoms with Gasteiger partial charge in [0.1, 0.15) is 11.8 Å². The number of nitrogens with one attached hydrogen (secondary N) is 1. The Kier molecular flexibility index (Phi) is 4.28. The highest BCUT2D eigenvalue weighted by atomic mass is 35.5. The van der Waals surface area contributed by atoms with Crippen LogP contribution in [0.25, 0.3) is 0 Å². The smallest absolute Gasteiger partial charge is 0.286 e. The molecule has 1 N–H and O–H groups in total. The summed E-state index contributed by atoms with van der Waals surface area (Å²) in [6.07, 6.45) is 0. The highest BCUT2D eigenvalue weighted by Crippen LogP contribution is 2.18. The first-order valence-corrected chi connectivity index (χ1v) is 6.28. The summed E-state index contributed by atoms with van der Waals surface area (Å²) >= 11 is 6.60. The number of carbonyl (C=O) groups is 1. The molecule has 0 aliphatic heterocycles. The number of aromatic nitrogens is 2. The van der Waals surface area contributed by atoms with Gasteiger partial charge in [-0.25, -0.2) is 0 Å². The predicted octanol–water partition coefficient (Wildman–Crippen LogP) is 2.35. The fraction of sp³-hybridized carbons (Fsp3) is 0.0909. The Morgan fingerprint density at radius 1 is 1.42 bits per heavy atom. The number of nitriles is 1. The lowest BCUT2D eigenvalue weighted by Crippen LogP contribution is -2.11. The summed E-state index contributed by atoms with van der Waals surface area (Å²) < 4.78 is 5.30. The van der Waals surface area contributed by atoms with Crippen LogP contribution in [0, 0.1) is 11.3 Å².